The smallest absolute Gasteiger partial charge is 0.0931 e. The van der Waals surface area contributed by atoms with Gasteiger partial charge in [-0.05, 0) is 32.1 Å². The first-order valence-electron chi connectivity index (χ1n) is 4.21. The second-order valence-electron chi connectivity index (χ2n) is 2.99. The van der Waals surface area contributed by atoms with Crippen molar-refractivity contribution < 1.29 is 0 Å². The average molecular weight is 238 g/mol. The van der Waals surface area contributed by atoms with Gasteiger partial charge in [-0.25, -0.2) is 0 Å². The first-order chi connectivity index (χ1) is 6.22. The maximum absolute atomic E-state index is 5.83. The van der Waals surface area contributed by atoms with E-state index in [9.17, 15) is 0 Å². The summed E-state index contributed by atoms with van der Waals surface area (Å²) in [5, 5.41) is 0. The standard InChI is InChI=1S/C9H13Cl2NS/c1-12(6-2-5-10)7-8-3-4-9(11)13-8/h3-4H,2,5-7H2,1H3. The van der Waals surface area contributed by atoms with Gasteiger partial charge in [0.25, 0.3) is 0 Å². The van der Waals surface area contributed by atoms with Crippen LogP contribution in [0.1, 0.15) is 11.3 Å². The van der Waals surface area contributed by atoms with Gasteiger partial charge in [-0.2, -0.15) is 0 Å². The molecule has 0 atom stereocenters. The Labute approximate surface area is 93.3 Å². The maximum atomic E-state index is 5.83. The van der Waals surface area contributed by atoms with Crippen molar-refractivity contribution in [1.82, 2.24) is 4.90 Å². The van der Waals surface area contributed by atoms with E-state index in [4.69, 9.17) is 23.2 Å². The van der Waals surface area contributed by atoms with E-state index in [1.54, 1.807) is 11.3 Å². The number of hydrogen-bond donors (Lipinski definition) is 0. The molecule has 0 spiro atoms. The maximum Gasteiger partial charge on any atom is 0.0931 e. The Balaban J connectivity index is 2.31. The number of thiophene rings is 1. The third kappa shape index (κ3) is 4.32. The molecule has 0 aliphatic heterocycles. The fourth-order valence-electron chi connectivity index (χ4n) is 1.11. The SMILES string of the molecule is CN(CCCCl)Cc1ccc(Cl)s1. The highest BCUT2D eigenvalue weighted by Gasteiger charge is 2.02. The topological polar surface area (TPSA) is 3.24 Å². The third-order valence-corrected chi connectivity index (χ3v) is 3.21. The van der Waals surface area contributed by atoms with Crippen molar-refractivity contribution in [2.24, 2.45) is 0 Å². The van der Waals surface area contributed by atoms with Crippen LogP contribution in [-0.2, 0) is 6.54 Å². The Morgan fingerprint density at radius 1 is 1.46 bits per heavy atom. The van der Waals surface area contributed by atoms with Crippen molar-refractivity contribution in [3.05, 3.63) is 21.3 Å². The lowest BCUT2D eigenvalue weighted by molar-refractivity contribution is 0.331. The minimum absolute atomic E-state index is 0.732. The minimum Gasteiger partial charge on any atom is -0.301 e. The second kappa shape index (κ2) is 5.86. The summed E-state index contributed by atoms with van der Waals surface area (Å²) in [6.45, 7) is 2.01. The molecule has 0 aliphatic carbocycles. The molecule has 1 aromatic heterocycles. The fraction of sp³-hybridized carbons (Fsp3) is 0.556. The predicted octanol–water partition coefficient (Wildman–Crippen LogP) is 3.46. The largest absolute Gasteiger partial charge is 0.301 e. The summed E-state index contributed by atoms with van der Waals surface area (Å²) < 4.78 is 0.862. The van der Waals surface area contributed by atoms with Gasteiger partial charge in [0.15, 0.2) is 0 Å². The molecule has 0 saturated carbocycles. The summed E-state index contributed by atoms with van der Waals surface area (Å²) in [4.78, 5) is 3.56. The number of halogens is 2. The molecule has 1 aromatic rings. The molecule has 0 aromatic carbocycles. The van der Waals surface area contributed by atoms with Crippen LogP contribution in [0.25, 0.3) is 0 Å². The quantitative estimate of drug-likeness (QED) is 0.710. The molecule has 0 radical (unpaired) electrons. The Hall–Kier alpha value is 0.240. The van der Waals surface area contributed by atoms with Crippen LogP contribution in [-0.4, -0.2) is 24.4 Å². The highest BCUT2D eigenvalue weighted by Crippen LogP contribution is 2.22. The van der Waals surface area contributed by atoms with Crippen LogP contribution in [0.4, 0.5) is 0 Å². The summed E-state index contributed by atoms with van der Waals surface area (Å²) in [6.07, 6.45) is 1.04. The van der Waals surface area contributed by atoms with Gasteiger partial charge in [-0.15, -0.1) is 22.9 Å². The van der Waals surface area contributed by atoms with Crippen molar-refractivity contribution in [3.63, 3.8) is 0 Å². The monoisotopic (exact) mass is 237 g/mol. The molecule has 0 N–H and O–H groups in total. The Morgan fingerprint density at radius 3 is 2.77 bits per heavy atom. The van der Waals surface area contributed by atoms with Gasteiger partial charge in [-0.3, -0.25) is 0 Å². The molecule has 1 rings (SSSR count). The van der Waals surface area contributed by atoms with E-state index in [2.05, 4.69) is 18.0 Å². The zero-order valence-electron chi connectivity index (χ0n) is 7.59. The molecule has 74 valence electrons. The zero-order valence-corrected chi connectivity index (χ0v) is 9.92. The van der Waals surface area contributed by atoms with E-state index in [0.29, 0.717) is 0 Å². The normalized spacial score (nSPS) is 11.1. The Kier molecular flexibility index (Phi) is 5.10. The molecule has 0 saturated heterocycles. The molecule has 4 heteroatoms. The van der Waals surface area contributed by atoms with Gasteiger partial charge >= 0.3 is 0 Å². The molecule has 1 nitrogen and oxygen atoms in total. The lowest BCUT2D eigenvalue weighted by Gasteiger charge is -2.13. The van der Waals surface area contributed by atoms with Crippen molar-refractivity contribution in [2.75, 3.05) is 19.5 Å². The first kappa shape index (κ1) is 11.3. The van der Waals surface area contributed by atoms with Crippen molar-refractivity contribution in [1.29, 1.82) is 0 Å². The van der Waals surface area contributed by atoms with Gasteiger partial charge in [-0.1, -0.05) is 11.6 Å². The van der Waals surface area contributed by atoms with Crippen LogP contribution in [0.2, 0.25) is 4.34 Å². The predicted molar refractivity (Wildman–Crippen MR) is 61.0 cm³/mol. The Morgan fingerprint density at radius 2 is 2.23 bits per heavy atom. The van der Waals surface area contributed by atoms with Crippen LogP contribution in [0.5, 0.6) is 0 Å². The zero-order chi connectivity index (χ0) is 9.68. The van der Waals surface area contributed by atoms with Crippen molar-refractivity contribution >= 4 is 34.5 Å². The second-order valence-corrected chi connectivity index (χ2v) is 5.16. The summed E-state index contributed by atoms with van der Waals surface area (Å²) in [5.74, 6) is 0.732. The van der Waals surface area contributed by atoms with E-state index in [1.165, 1.54) is 4.88 Å². The molecule has 1 heterocycles. The van der Waals surface area contributed by atoms with Crippen molar-refractivity contribution in [3.8, 4) is 0 Å². The summed E-state index contributed by atoms with van der Waals surface area (Å²) >= 11 is 13.1. The van der Waals surface area contributed by atoms with Crippen molar-refractivity contribution in [2.45, 2.75) is 13.0 Å². The van der Waals surface area contributed by atoms with Gasteiger partial charge in [0.2, 0.25) is 0 Å². The van der Waals surface area contributed by atoms with Gasteiger partial charge in [0.05, 0.1) is 4.34 Å². The van der Waals surface area contributed by atoms with Gasteiger partial charge < -0.3 is 4.90 Å². The summed E-state index contributed by atoms with van der Waals surface area (Å²) in [6, 6.07) is 4.02. The van der Waals surface area contributed by atoms with E-state index in [1.807, 2.05) is 6.07 Å². The number of rotatable bonds is 5. The van der Waals surface area contributed by atoms with Crippen LogP contribution >= 0.6 is 34.5 Å². The van der Waals surface area contributed by atoms with Crippen LogP contribution in [0.3, 0.4) is 0 Å². The van der Waals surface area contributed by atoms with Gasteiger partial charge in [0, 0.05) is 17.3 Å². The molecule has 0 bridgehead atoms. The van der Waals surface area contributed by atoms with Crippen LogP contribution < -0.4 is 0 Å². The third-order valence-electron chi connectivity index (χ3n) is 1.73. The highest BCUT2D eigenvalue weighted by molar-refractivity contribution is 7.16. The number of hydrogen-bond acceptors (Lipinski definition) is 2. The highest BCUT2D eigenvalue weighted by atomic mass is 35.5. The molecular weight excluding hydrogens is 225 g/mol. The van der Waals surface area contributed by atoms with E-state index < -0.39 is 0 Å². The summed E-state index contributed by atoms with van der Waals surface area (Å²) in [5.41, 5.74) is 0. The number of nitrogens with zero attached hydrogens (tertiary/aromatic N) is 1. The van der Waals surface area contributed by atoms with Gasteiger partial charge in [0.1, 0.15) is 0 Å². The first-order valence-corrected chi connectivity index (χ1v) is 5.94. The molecule has 0 unspecified atom stereocenters. The lowest BCUT2D eigenvalue weighted by atomic mass is 10.4. The fourth-order valence-corrected chi connectivity index (χ4v) is 2.40. The van der Waals surface area contributed by atoms with E-state index in [-0.39, 0.29) is 0 Å². The lowest BCUT2D eigenvalue weighted by Crippen LogP contribution is -2.18. The molecule has 0 aliphatic rings. The Bertz CT molecular complexity index is 250. The van der Waals surface area contributed by atoms with E-state index in [0.717, 1.165) is 29.7 Å². The van der Waals surface area contributed by atoms with Crippen LogP contribution in [0, 0.1) is 0 Å². The minimum atomic E-state index is 0.732. The molecule has 0 amide bonds. The van der Waals surface area contributed by atoms with E-state index >= 15 is 0 Å². The average Bonchev–Trinajstić information content (AvgIpc) is 2.48. The number of alkyl halides is 1. The van der Waals surface area contributed by atoms with Crippen LogP contribution in [0.15, 0.2) is 12.1 Å². The summed E-state index contributed by atoms with van der Waals surface area (Å²) in [7, 11) is 2.10. The molecule has 13 heavy (non-hydrogen) atoms. The molecular formula is C9H13Cl2NS. The molecule has 0 fully saturated rings.